The molecule has 2 rings (SSSR count). The highest BCUT2D eigenvalue weighted by molar-refractivity contribution is 5.35. The summed E-state index contributed by atoms with van der Waals surface area (Å²) < 4.78 is 11.1. The van der Waals surface area contributed by atoms with Gasteiger partial charge in [-0.25, -0.2) is 0 Å². The van der Waals surface area contributed by atoms with Gasteiger partial charge < -0.3 is 19.9 Å². The van der Waals surface area contributed by atoms with E-state index in [1.165, 1.54) is 0 Å². The van der Waals surface area contributed by atoms with E-state index in [-0.39, 0.29) is 0 Å². The van der Waals surface area contributed by atoms with E-state index in [1.807, 2.05) is 26.0 Å². The smallest absolute Gasteiger partial charge is 0.122 e. The van der Waals surface area contributed by atoms with Gasteiger partial charge in [-0.3, -0.25) is 0 Å². The maximum Gasteiger partial charge on any atom is 0.122 e. The standard InChI is InChI=1S/C17H27NO3/c1-12-4-5-13(2)17(8-12)21-11-16(19)9-18-14(3)15-6-7-20-10-15/h4-5,8,14-16,18-19H,6-7,9-11H2,1-3H3. The van der Waals surface area contributed by atoms with Crippen LogP contribution in [0.4, 0.5) is 0 Å². The van der Waals surface area contributed by atoms with Crippen LogP contribution in [-0.4, -0.2) is 43.6 Å². The molecule has 0 aromatic heterocycles. The monoisotopic (exact) mass is 293 g/mol. The van der Waals surface area contributed by atoms with Crippen molar-refractivity contribution in [3.05, 3.63) is 29.3 Å². The first-order valence-electron chi connectivity index (χ1n) is 7.75. The molecule has 21 heavy (non-hydrogen) atoms. The Morgan fingerprint density at radius 1 is 1.43 bits per heavy atom. The van der Waals surface area contributed by atoms with Crippen molar-refractivity contribution in [2.45, 2.75) is 39.3 Å². The minimum absolute atomic E-state index is 0.311. The zero-order valence-corrected chi connectivity index (χ0v) is 13.3. The number of aliphatic hydroxyl groups is 1. The Morgan fingerprint density at radius 2 is 2.24 bits per heavy atom. The van der Waals surface area contributed by atoms with E-state index in [0.29, 0.717) is 25.1 Å². The second-order valence-corrected chi connectivity index (χ2v) is 6.05. The van der Waals surface area contributed by atoms with Gasteiger partial charge in [0.2, 0.25) is 0 Å². The molecule has 0 bridgehead atoms. The van der Waals surface area contributed by atoms with Crippen LogP contribution in [0.25, 0.3) is 0 Å². The lowest BCUT2D eigenvalue weighted by Gasteiger charge is -2.21. The Labute approximate surface area is 127 Å². The van der Waals surface area contributed by atoms with Crippen LogP contribution in [0, 0.1) is 19.8 Å². The van der Waals surface area contributed by atoms with Crippen molar-refractivity contribution < 1.29 is 14.6 Å². The van der Waals surface area contributed by atoms with E-state index in [9.17, 15) is 5.11 Å². The third-order valence-corrected chi connectivity index (χ3v) is 4.12. The van der Waals surface area contributed by atoms with Crippen LogP contribution in [-0.2, 0) is 4.74 Å². The maximum absolute atomic E-state index is 10.0. The summed E-state index contributed by atoms with van der Waals surface area (Å²) in [6.45, 7) is 8.74. The molecule has 3 unspecified atom stereocenters. The second kappa shape index (κ2) is 7.78. The Morgan fingerprint density at radius 3 is 2.95 bits per heavy atom. The van der Waals surface area contributed by atoms with Crippen molar-refractivity contribution in [3.63, 3.8) is 0 Å². The van der Waals surface area contributed by atoms with Crippen molar-refractivity contribution >= 4 is 0 Å². The van der Waals surface area contributed by atoms with Crippen LogP contribution < -0.4 is 10.1 Å². The summed E-state index contributed by atoms with van der Waals surface area (Å²) in [4.78, 5) is 0. The Bertz CT molecular complexity index is 444. The number of benzene rings is 1. The van der Waals surface area contributed by atoms with Gasteiger partial charge in [-0.1, -0.05) is 12.1 Å². The predicted octanol–water partition coefficient (Wildman–Crippen LogP) is 2.06. The van der Waals surface area contributed by atoms with Gasteiger partial charge in [-0.05, 0) is 50.3 Å². The van der Waals surface area contributed by atoms with Gasteiger partial charge >= 0.3 is 0 Å². The zero-order valence-electron chi connectivity index (χ0n) is 13.3. The normalized spacial score (nSPS) is 21.2. The summed E-state index contributed by atoms with van der Waals surface area (Å²) in [5.41, 5.74) is 2.26. The van der Waals surface area contributed by atoms with Crippen LogP contribution in [0.2, 0.25) is 0 Å². The topological polar surface area (TPSA) is 50.7 Å². The lowest BCUT2D eigenvalue weighted by atomic mass is 10.0. The number of nitrogens with one attached hydrogen (secondary N) is 1. The first kappa shape index (κ1) is 16.3. The number of rotatable bonds is 7. The average molecular weight is 293 g/mol. The van der Waals surface area contributed by atoms with Gasteiger partial charge in [0.25, 0.3) is 0 Å². The zero-order chi connectivity index (χ0) is 15.2. The molecule has 118 valence electrons. The third kappa shape index (κ3) is 4.99. The number of aryl methyl sites for hydroxylation is 2. The minimum atomic E-state index is -0.505. The average Bonchev–Trinajstić information content (AvgIpc) is 3.00. The highest BCUT2D eigenvalue weighted by Gasteiger charge is 2.22. The van der Waals surface area contributed by atoms with Crippen molar-refractivity contribution in [1.29, 1.82) is 0 Å². The quantitative estimate of drug-likeness (QED) is 0.808. The van der Waals surface area contributed by atoms with Crippen molar-refractivity contribution in [2.24, 2.45) is 5.92 Å². The predicted molar refractivity (Wildman–Crippen MR) is 83.8 cm³/mol. The number of ether oxygens (including phenoxy) is 2. The van der Waals surface area contributed by atoms with Gasteiger partial charge in [0.15, 0.2) is 0 Å². The summed E-state index contributed by atoms with van der Waals surface area (Å²) in [5.74, 6) is 1.41. The lowest BCUT2D eigenvalue weighted by Crippen LogP contribution is -2.40. The Kier molecular flexibility index (Phi) is 6.03. The fraction of sp³-hybridized carbons (Fsp3) is 0.647. The van der Waals surface area contributed by atoms with E-state index in [1.54, 1.807) is 0 Å². The van der Waals surface area contributed by atoms with Gasteiger partial charge in [0, 0.05) is 19.2 Å². The van der Waals surface area contributed by atoms with Gasteiger partial charge in [-0.2, -0.15) is 0 Å². The Balaban J connectivity index is 1.71. The van der Waals surface area contributed by atoms with Crippen molar-refractivity contribution in [1.82, 2.24) is 5.32 Å². The largest absolute Gasteiger partial charge is 0.491 e. The summed E-state index contributed by atoms with van der Waals surface area (Å²) in [6.07, 6.45) is 0.596. The van der Waals surface area contributed by atoms with Crippen LogP contribution in [0.1, 0.15) is 24.5 Å². The molecule has 1 aliphatic rings. The summed E-state index contributed by atoms with van der Waals surface area (Å²) in [5, 5.41) is 13.4. The molecule has 4 nitrogen and oxygen atoms in total. The first-order chi connectivity index (χ1) is 10.1. The summed E-state index contributed by atoms with van der Waals surface area (Å²) in [7, 11) is 0. The first-order valence-corrected chi connectivity index (χ1v) is 7.75. The molecular formula is C17H27NO3. The molecule has 1 aromatic rings. The molecule has 1 saturated heterocycles. The van der Waals surface area contributed by atoms with Gasteiger partial charge in [-0.15, -0.1) is 0 Å². The maximum atomic E-state index is 10.0. The summed E-state index contributed by atoms with van der Waals surface area (Å²) >= 11 is 0. The highest BCUT2D eigenvalue weighted by Crippen LogP contribution is 2.19. The Hall–Kier alpha value is -1.10. The number of hydrogen-bond acceptors (Lipinski definition) is 4. The van der Waals surface area contributed by atoms with E-state index >= 15 is 0 Å². The van der Waals surface area contributed by atoms with Crippen LogP contribution in [0.5, 0.6) is 5.75 Å². The molecule has 4 heteroatoms. The molecular weight excluding hydrogens is 266 g/mol. The second-order valence-electron chi connectivity index (χ2n) is 6.05. The molecule has 1 heterocycles. The molecule has 0 radical (unpaired) electrons. The third-order valence-electron chi connectivity index (χ3n) is 4.12. The highest BCUT2D eigenvalue weighted by atomic mass is 16.5. The molecule has 0 spiro atoms. The molecule has 3 atom stereocenters. The molecule has 2 N–H and O–H groups in total. The molecule has 1 aliphatic heterocycles. The lowest BCUT2D eigenvalue weighted by molar-refractivity contribution is 0.100. The number of hydrogen-bond donors (Lipinski definition) is 2. The molecule has 1 aromatic carbocycles. The van der Waals surface area contributed by atoms with E-state index in [0.717, 1.165) is 36.5 Å². The fourth-order valence-corrected chi connectivity index (χ4v) is 2.54. The SMILES string of the molecule is Cc1ccc(C)c(OCC(O)CNC(C)C2CCOC2)c1. The van der Waals surface area contributed by atoms with Crippen LogP contribution in [0.15, 0.2) is 18.2 Å². The summed E-state index contributed by atoms with van der Waals surface area (Å²) in [6, 6.07) is 6.47. The van der Waals surface area contributed by atoms with E-state index in [2.05, 4.69) is 18.3 Å². The minimum Gasteiger partial charge on any atom is -0.491 e. The van der Waals surface area contributed by atoms with E-state index < -0.39 is 6.10 Å². The van der Waals surface area contributed by atoms with Crippen molar-refractivity contribution in [2.75, 3.05) is 26.4 Å². The molecule has 0 saturated carbocycles. The van der Waals surface area contributed by atoms with Crippen LogP contribution >= 0.6 is 0 Å². The van der Waals surface area contributed by atoms with Gasteiger partial charge in [0.1, 0.15) is 18.5 Å². The molecule has 0 aliphatic carbocycles. The fourth-order valence-electron chi connectivity index (χ4n) is 2.54. The van der Waals surface area contributed by atoms with Crippen LogP contribution in [0.3, 0.4) is 0 Å². The molecule has 0 amide bonds. The molecule has 1 fully saturated rings. The van der Waals surface area contributed by atoms with E-state index in [4.69, 9.17) is 9.47 Å². The van der Waals surface area contributed by atoms with Gasteiger partial charge in [0.05, 0.1) is 6.61 Å². The van der Waals surface area contributed by atoms with Crippen molar-refractivity contribution in [3.8, 4) is 5.75 Å². The number of aliphatic hydroxyl groups excluding tert-OH is 1.